The molecule has 1 aromatic carbocycles. The molecule has 0 saturated carbocycles. The lowest BCUT2D eigenvalue weighted by Gasteiger charge is -2.44. The first-order valence-corrected chi connectivity index (χ1v) is 8.51. The first-order chi connectivity index (χ1) is 11.7. The second kappa shape index (κ2) is 6.06. The Morgan fingerprint density at radius 3 is 2.46 bits per heavy atom. The molecule has 2 heterocycles. The normalized spacial score (nSPS) is 31.8. The highest BCUT2D eigenvalue weighted by Crippen LogP contribution is 2.50. The van der Waals surface area contributed by atoms with Gasteiger partial charge in [0.05, 0.1) is 20.3 Å². The van der Waals surface area contributed by atoms with Gasteiger partial charge in [0.15, 0.2) is 17.8 Å². The average molecular weight is 331 g/mol. The minimum Gasteiger partial charge on any atom is -0.493 e. The van der Waals surface area contributed by atoms with E-state index in [0.717, 1.165) is 30.7 Å². The van der Waals surface area contributed by atoms with Crippen molar-refractivity contribution in [1.82, 2.24) is 4.90 Å². The van der Waals surface area contributed by atoms with Gasteiger partial charge in [-0.1, -0.05) is 11.6 Å². The highest BCUT2D eigenvalue weighted by molar-refractivity contribution is 5.52. The molecule has 0 N–H and O–H groups in total. The van der Waals surface area contributed by atoms with Crippen molar-refractivity contribution in [1.29, 1.82) is 0 Å². The minimum absolute atomic E-state index is 0.134. The van der Waals surface area contributed by atoms with Gasteiger partial charge in [-0.2, -0.15) is 0 Å². The Hall–Kier alpha value is -1.56. The molecular formula is C19H25NO4. The van der Waals surface area contributed by atoms with Gasteiger partial charge in [-0.05, 0) is 37.6 Å². The standard InChI is InChI=1S/C19H25NO4/c1-20-8-7-11-5-6-14-17(18(11)20)12-9-15(21-2)16(22-3)10-13(12)19(23-4)24-14/h5,9-10,14,17-19H,6-8H2,1-4H3/t14-,17-,18-,19?/m1/s1. The van der Waals surface area contributed by atoms with E-state index in [9.17, 15) is 0 Å². The molecule has 1 fully saturated rings. The van der Waals surface area contributed by atoms with Crippen molar-refractivity contribution in [3.05, 3.63) is 34.9 Å². The zero-order valence-electron chi connectivity index (χ0n) is 14.7. The molecule has 1 unspecified atom stereocenters. The molecule has 3 aliphatic rings. The zero-order chi connectivity index (χ0) is 16.8. The van der Waals surface area contributed by atoms with Crippen LogP contribution < -0.4 is 9.47 Å². The molecule has 2 aliphatic heterocycles. The van der Waals surface area contributed by atoms with Crippen molar-refractivity contribution in [2.45, 2.75) is 37.2 Å². The van der Waals surface area contributed by atoms with Crippen LogP contribution in [0, 0.1) is 0 Å². The predicted molar refractivity (Wildman–Crippen MR) is 90.6 cm³/mol. The first-order valence-electron chi connectivity index (χ1n) is 8.51. The molecule has 1 aliphatic carbocycles. The molecule has 5 heteroatoms. The maximum Gasteiger partial charge on any atom is 0.184 e. The van der Waals surface area contributed by atoms with Gasteiger partial charge in [-0.3, -0.25) is 4.90 Å². The first kappa shape index (κ1) is 15.9. The van der Waals surface area contributed by atoms with E-state index in [-0.39, 0.29) is 12.4 Å². The van der Waals surface area contributed by atoms with Crippen LogP contribution in [0.2, 0.25) is 0 Å². The molecule has 24 heavy (non-hydrogen) atoms. The number of likely N-dealkylation sites (tertiary alicyclic amines) is 1. The molecule has 1 saturated heterocycles. The van der Waals surface area contributed by atoms with Crippen LogP contribution in [0.25, 0.3) is 0 Å². The number of methoxy groups -OCH3 is 3. The van der Waals surface area contributed by atoms with Crippen LogP contribution in [-0.2, 0) is 9.47 Å². The van der Waals surface area contributed by atoms with E-state index >= 15 is 0 Å². The number of fused-ring (bicyclic) bond motifs is 5. The smallest absolute Gasteiger partial charge is 0.184 e. The van der Waals surface area contributed by atoms with Gasteiger partial charge in [0.1, 0.15) is 0 Å². The van der Waals surface area contributed by atoms with Crippen molar-refractivity contribution in [2.75, 3.05) is 34.9 Å². The fourth-order valence-electron chi connectivity index (χ4n) is 4.55. The third-order valence-electron chi connectivity index (χ3n) is 5.68. The van der Waals surface area contributed by atoms with Gasteiger partial charge in [0, 0.05) is 31.2 Å². The SMILES string of the molecule is COc1cc2c(cc1OC)[C@H]1[C@H]3C(=CC[C@H]1OC2OC)CCN3C. The van der Waals surface area contributed by atoms with E-state index in [1.54, 1.807) is 26.9 Å². The summed E-state index contributed by atoms with van der Waals surface area (Å²) < 4.78 is 23.0. The summed E-state index contributed by atoms with van der Waals surface area (Å²) in [6.45, 7) is 1.11. The summed E-state index contributed by atoms with van der Waals surface area (Å²) in [4.78, 5) is 2.44. The van der Waals surface area contributed by atoms with E-state index in [0.29, 0.717) is 17.7 Å². The fraction of sp³-hybridized carbons (Fsp3) is 0.579. The van der Waals surface area contributed by atoms with Crippen molar-refractivity contribution in [3.8, 4) is 11.5 Å². The van der Waals surface area contributed by atoms with Crippen LogP contribution in [0.5, 0.6) is 11.5 Å². The molecule has 0 spiro atoms. The monoisotopic (exact) mass is 331 g/mol. The molecule has 4 rings (SSSR count). The quantitative estimate of drug-likeness (QED) is 0.797. The molecule has 130 valence electrons. The van der Waals surface area contributed by atoms with Crippen molar-refractivity contribution < 1.29 is 18.9 Å². The van der Waals surface area contributed by atoms with E-state index in [1.165, 1.54) is 5.56 Å². The largest absolute Gasteiger partial charge is 0.493 e. The number of hydrogen-bond acceptors (Lipinski definition) is 5. The summed E-state index contributed by atoms with van der Waals surface area (Å²) in [6.07, 6.45) is 4.24. The molecule has 5 nitrogen and oxygen atoms in total. The maximum absolute atomic E-state index is 6.31. The van der Waals surface area contributed by atoms with Gasteiger partial charge in [-0.25, -0.2) is 0 Å². The Morgan fingerprint density at radius 2 is 1.79 bits per heavy atom. The molecule has 0 bridgehead atoms. The maximum atomic E-state index is 6.31. The number of hydrogen-bond donors (Lipinski definition) is 0. The van der Waals surface area contributed by atoms with Crippen LogP contribution in [0.15, 0.2) is 23.8 Å². The van der Waals surface area contributed by atoms with Crippen LogP contribution in [0.3, 0.4) is 0 Å². The van der Waals surface area contributed by atoms with Crippen LogP contribution in [-0.4, -0.2) is 52.0 Å². The Labute approximate surface area is 143 Å². The summed E-state index contributed by atoms with van der Waals surface area (Å²) in [5.74, 6) is 1.79. The third-order valence-corrected chi connectivity index (χ3v) is 5.68. The summed E-state index contributed by atoms with van der Waals surface area (Å²) in [5.41, 5.74) is 3.86. The van der Waals surface area contributed by atoms with Gasteiger partial charge >= 0.3 is 0 Å². The Morgan fingerprint density at radius 1 is 1.08 bits per heavy atom. The van der Waals surface area contributed by atoms with Crippen molar-refractivity contribution in [2.24, 2.45) is 0 Å². The highest BCUT2D eigenvalue weighted by atomic mass is 16.7. The van der Waals surface area contributed by atoms with Gasteiger partial charge in [-0.15, -0.1) is 0 Å². The number of ether oxygens (including phenoxy) is 4. The van der Waals surface area contributed by atoms with Gasteiger partial charge in [0.25, 0.3) is 0 Å². The Balaban J connectivity index is 1.86. The molecule has 0 aromatic heterocycles. The van der Waals surface area contributed by atoms with Crippen LogP contribution in [0.1, 0.15) is 36.2 Å². The lowest BCUT2D eigenvalue weighted by atomic mass is 9.74. The molecule has 1 aromatic rings. The fourth-order valence-corrected chi connectivity index (χ4v) is 4.55. The number of likely N-dealkylation sites (N-methyl/N-ethyl adjacent to an activating group) is 1. The zero-order valence-corrected chi connectivity index (χ0v) is 14.7. The van der Waals surface area contributed by atoms with Gasteiger partial charge in [0.2, 0.25) is 0 Å². The molecule has 0 radical (unpaired) electrons. The van der Waals surface area contributed by atoms with Gasteiger partial charge < -0.3 is 18.9 Å². The summed E-state index contributed by atoms with van der Waals surface area (Å²) >= 11 is 0. The lowest BCUT2D eigenvalue weighted by Crippen LogP contribution is -2.45. The molecular weight excluding hydrogens is 306 g/mol. The number of nitrogens with zero attached hydrogens (tertiary/aromatic N) is 1. The number of rotatable bonds is 3. The van der Waals surface area contributed by atoms with E-state index in [4.69, 9.17) is 18.9 Å². The molecule has 4 atom stereocenters. The second-order valence-corrected chi connectivity index (χ2v) is 6.79. The third kappa shape index (κ3) is 2.26. The van der Waals surface area contributed by atoms with E-state index in [2.05, 4.69) is 24.1 Å². The average Bonchev–Trinajstić information content (AvgIpc) is 3.00. The summed E-state index contributed by atoms with van der Waals surface area (Å²) in [6, 6.07) is 4.53. The second-order valence-electron chi connectivity index (χ2n) is 6.79. The van der Waals surface area contributed by atoms with E-state index in [1.807, 2.05) is 6.07 Å². The lowest BCUT2D eigenvalue weighted by molar-refractivity contribution is -0.179. The highest BCUT2D eigenvalue weighted by Gasteiger charge is 2.47. The Kier molecular flexibility index (Phi) is 4.03. The molecule has 0 amide bonds. The summed E-state index contributed by atoms with van der Waals surface area (Å²) in [7, 11) is 7.24. The summed E-state index contributed by atoms with van der Waals surface area (Å²) in [5, 5.41) is 0. The Bertz CT molecular complexity index is 672. The van der Waals surface area contributed by atoms with Crippen molar-refractivity contribution in [3.63, 3.8) is 0 Å². The van der Waals surface area contributed by atoms with Crippen LogP contribution >= 0.6 is 0 Å². The van der Waals surface area contributed by atoms with Crippen molar-refractivity contribution >= 4 is 0 Å². The minimum atomic E-state index is -0.359. The van der Waals surface area contributed by atoms with Crippen LogP contribution in [0.4, 0.5) is 0 Å². The predicted octanol–water partition coefficient (Wildman–Crippen LogP) is 2.87. The number of benzene rings is 1. The topological polar surface area (TPSA) is 40.2 Å². The van der Waals surface area contributed by atoms with E-state index < -0.39 is 0 Å².